The first-order valence-electron chi connectivity index (χ1n) is 28.3. The van der Waals surface area contributed by atoms with Crippen LogP contribution >= 0.6 is 0 Å². The van der Waals surface area contributed by atoms with Crippen molar-refractivity contribution in [3.63, 3.8) is 0 Å². The number of aliphatic hydroxyl groups excluding tert-OH is 1. The fourth-order valence-electron chi connectivity index (χ4n) is 9.34. The van der Waals surface area contributed by atoms with Crippen molar-refractivity contribution in [2.75, 3.05) is 72.3 Å². The number of hydrogen-bond donors (Lipinski definition) is 1. The molecule has 3 unspecified atom stereocenters. The molecule has 0 spiro atoms. The summed E-state index contributed by atoms with van der Waals surface area (Å²) in [5.41, 5.74) is -10.3. The minimum atomic E-state index is -6.43. The van der Waals surface area contributed by atoms with Crippen LogP contribution in [0.1, 0.15) is 147 Å². The third-order valence-corrected chi connectivity index (χ3v) is 22.0. The van der Waals surface area contributed by atoms with Gasteiger partial charge in [0.1, 0.15) is 18.8 Å². The summed E-state index contributed by atoms with van der Waals surface area (Å²) in [5, 5.41) is 8.38. The van der Waals surface area contributed by atoms with Gasteiger partial charge in [0.2, 0.25) is 0 Å². The van der Waals surface area contributed by atoms with Crippen LogP contribution in [0.2, 0.25) is 38.8 Å². The first-order valence-corrected chi connectivity index (χ1v) is 36.4. The van der Waals surface area contributed by atoms with E-state index in [2.05, 4.69) is 37.5 Å². The van der Waals surface area contributed by atoms with E-state index in [4.69, 9.17) is 42.4 Å². The molecular formula is C55H99F6KO18SSi2. The molecule has 4 rings (SSSR count). The number of aliphatic hydroxyl groups is 1. The van der Waals surface area contributed by atoms with E-state index in [9.17, 15) is 63.3 Å². The first kappa shape index (κ1) is 83.8. The Hall–Kier alpha value is -1.29. The van der Waals surface area contributed by atoms with Gasteiger partial charge < -0.3 is 51.7 Å². The average Bonchev–Trinajstić information content (AvgIpc) is 3.39. The fraction of sp³-hybridized carbons (Fsp3) is 0.909. The molecule has 0 aromatic heterocycles. The van der Waals surface area contributed by atoms with Crippen molar-refractivity contribution in [1.29, 1.82) is 0 Å². The smallest absolute Gasteiger partial charge is 0.748 e. The normalized spacial score (nSPS) is 20.3. The number of hydrogen-bond acceptors (Lipinski definition) is 18. The Morgan fingerprint density at radius 2 is 1.10 bits per heavy atom. The molecule has 0 saturated heterocycles. The molecule has 484 valence electrons. The Morgan fingerprint density at radius 1 is 0.663 bits per heavy atom. The van der Waals surface area contributed by atoms with Gasteiger partial charge in [-0.05, 0) is 156 Å². The maximum atomic E-state index is 13.7. The Bertz CT molecular complexity index is 2080. The number of halogens is 6. The van der Waals surface area contributed by atoms with Crippen LogP contribution in [0.3, 0.4) is 0 Å². The Labute approximate surface area is 535 Å². The van der Waals surface area contributed by atoms with E-state index in [1.54, 1.807) is 27.9 Å². The topological polar surface area (TPSA) is 246 Å². The second-order valence-corrected chi connectivity index (χ2v) is 35.7. The van der Waals surface area contributed by atoms with Crippen LogP contribution in [0, 0.1) is 39.4 Å². The minimum absolute atomic E-state index is 0. The van der Waals surface area contributed by atoms with Gasteiger partial charge in [-0.15, -0.1) is 0 Å². The van der Waals surface area contributed by atoms with Crippen LogP contribution in [0.15, 0.2) is 0 Å². The van der Waals surface area contributed by atoms with Gasteiger partial charge in [0.05, 0.1) is 89.7 Å². The van der Waals surface area contributed by atoms with E-state index in [0.717, 1.165) is 31.7 Å². The van der Waals surface area contributed by atoms with E-state index in [1.165, 1.54) is 0 Å². The first-order chi connectivity index (χ1) is 37.3. The van der Waals surface area contributed by atoms with Crippen LogP contribution < -0.4 is 51.4 Å². The molecule has 83 heavy (non-hydrogen) atoms. The summed E-state index contributed by atoms with van der Waals surface area (Å²) in [4.78, 5) is 60.1. The molecule has 0 aliphatic heterocycles. The number of rotatable bonds is 30. The molecule has 3 atom stereocenters. The molecule has 0 heterocycles. The molecule has 4 aliphatic rings. The predicted octanol–water partition coefficient (Wildman–Crippen LogP) is 7.89. The SMILES string of the molecule is CCC(C)(C)C(=O)OC12CC3CC(C1)CC(C(=O)OC(CS(=O)(=O)[O-])(C(F)(F)F)C(F)(F)F)(C3)C2.CCC(C)(C)C(=O)OCCC[Si](C)(C)O[Si](C)(C)C.CCC(C)(C)C(=O)OCCO.CCC(C)C(=O)OCCOCCOCCOC.[K+]. The van der Waals surface area contributed by atoms with Gasteiger partial charge >= 0.3 is 99.2 Å². The van der Waals surface area contributed by atoms with Gasteiger partial charge in [0.15, 0.2) is 16.6 Å². The van der Waals surface area contributed by atoms with E-state index in [0.29, 0.717) is 71.9 Å². The van der Waals surface area contributed by atoms with Crippen LogP contribution in [0.25, 0.3) is 0 Å². The molecule has 0 aromatic rings. The summed E-state index contributed by atoms with van der Waals surface area (Å²) in [6.45, 7) is 34.9. The van der Waals surface area contributed by atoms with Crippen molar-refractivity contribution in [1.82, 2.24) is 0 Å². The number of esters is 5. The van der Waals surface area contributed by atoms with Crippen molar-refractivity contribution in [3.05, 3.63) is 0 Å². The van der Waals surface area contributed by atoms with Crippen LogP contribution in [-0.2, 0) is 76.1 Å². The van der Waals surface area contributed by atoms with E-state index < -0.39 is 84.2 Å². The monoisotopic (exact) mass is 1290 g/mol. The standard InChI is InChI=1S/C21H28F6O7S.C14H32O3Si2.C12H24O5.C8H16O3.K/c1-4-16(2,3)14(28)33-18-8-12-5-13(9-18)7-17(6-12,10-18)15(29)34-19(20(22,23)24,21(25,26)27)11-35(30,31)32;1-9-14(2,3)13(15)16-11-10-12-19(7,8)17-18(4,5)6;1-4-11(2)12(13)17-10-9-16-8-7-15-6-5-14-3;1-4-8(2,3)7(10)11-6-5-9;/h12-13H,4-11H2,1-3H3,(H,30,31,32);9-12H2,1-8H3;11H,4-10H2,1-3H3;9H,4-6H2,1-3H3;/q;;;;+1/p-1. The molecule has 1 N–H and O–H groups in total. The average molecular weight is 1290 g/mol. The van der Waals surface area contributed by atoms with Gasteiger partial charge in [-0.2, -0.15) is 26.3 Å². The number of alkyl halides is 6. The van der Waals surface area contributed by atoms with Crippen molar-refractivity contribution in [2.24, 2.45) is 39.4 Å². The van der Waals surface area contributed by atoms with Gasteiger partial charge in [-0.3, -0.25) is 24.0 Å². The molecule has 18 nitrogen and oxygen atoms in total. The van der Waals surface area contributed by atoms with Gasteiger partial charge in [0, 0.05) is 13.5 Å². The Morgan fingerprint density at radius 3 is 1.49 bits per heavy atom. The van der Waals surface area contributed by atoms with Crippen molar-refractivity contribution in [3.8, 4) is 0 Å². The van der Waals surface area contributed by atoms with Crippen LogP contribution in [0.4, 0.5) is 26.3 Å². The summed E-state index contributed by atoms with van der Waals surface area (Å²) in [6, 6.07) is 1.05. The zero-order chi connectivity index (χ0) is 64.0. The maximum Gasteiger partial charge on any atom is 1.00 e. The maximum absolute atomic E-state index is 13.7. The molecule has 4 aliphatic carbocycles. The predicted molar refractivity (Wildman–Crippen MR) is 298 cm³/mol. The van der Waals surface area contributed by atoms with Crippen LogP contribution in [-0.4, -0.2) is 160 Å². The minimum Gasteiger partial charge on any atom is -0.748 e. The third kappa shape index (κ3) is 29.3. The Kier molecular flexibility index (Phi) is 36.1. The number of carbonyl (C=O) groups is 5. The van der Waals surface area contributed by atoms with E-state index >= 15 is 0 Å². The fourth-order valence-corrected chi connectivity index (χ4v) is 18.3. The molecule has 0 aromatic carbocycles. The summed E-state index contributed by atoms with van der Waals surface area (Å²) in [6.07, 6.45) is -8.53. The summed E-state index contributed by atoms with van der Waals surface area (Å²) >= 11 is 0. The molecule has 4 fully saturated rings. The largest absolute Gasteiger partial charge is 1.00 e. The summed E-state index contributed by atoms with van der Waals surface area (Å²) in [5.74, 6) is -6.66. The molecule has 0 radical (unpaired) electrons. The molecular weight excluding hydrogens is 1190 g/mol. The van der Waals surface area contributed by atoms with Gasteiger partial charge in [-0.1, -0.05) is 34.6 Å². The van der Waals surface area contributed by atoms with E-state index in [-0.39, 0.29) is 125 Å². The molecule has 4 saturated carbocycles. The Balaban J connectivity index is 0. The number of carbonyl (C=O) groups excluding carboxylic acids is 5. The van der Waals surface area contributed by atoms with E-state index in [1.807, 2.05) is 55.4 Å². The molecule has 4 bridgehead atoms. The van der Waals surface area contributed by atoms with Crippen molar-refractivity contribution >= 4 is 56.6 Å². The second-order valence-electron chi connectivity index (χ2n) is 25.2. The number of ether oxygens (including phenoxy) is 8. The quantitative estimate of drug-likeness (QED) is 0.0179. The van der Waals surface area contributed by atoms with Crippen molar-refractivity contribution in [2.45, 2.75) is 209 Å². The molecule has 28 heteroatoms. The molecule has 0 amide bonds. The summed E-state index contributed by atoms with van der Waals surface area (Å²) < 4.78 is 162. The third-order valence-electron chi connectivity index (χ3n) is 15.0. The van der Waals surface area contributed by atoms with Gasteiger partial charge in [-0.25, -0.2) is 8.42 Å². The van der Waals surface area contributed by atoms with Crippen molar-refractivity contribution < 1.29 is 162 Å². The van der Waals surface area contributed by atoms with Crippen LogP contribution in [0.5, 0.6) is 0 Å². The zero-order valence-corrected chi connectivity index (χ0v) is 58.8. The zero-order valence-electron chi connectivity index (χ0n) is 52.9. The second kappa shape index (κ2) is 35.8. The number of methoxy groups -OCH3 is 1. The summed E-state index contributed by atoms with van der Waals surface area (Å²) in [7, 11) is -7.55. The van der Waals surface area contributed by atoms with Gasteiger partial charge in [0.25, 0.3) is 0 Å².